The first kappa shape index (κ1) is 9.25. The minimum absolute atomic E-state index is 0.00400. The Hall–Kier alpha value is -1.84. The maximum atomic E-state index is 12.4. The second-order valence-electron chi connectivity index (χ2n) is 2.41. The molecule has 1 aromatic carbocycles. The highest BCUT2D eigenvalue weighted by molar-refractivity contribution is 5.94. The van der Waals surface area contributed by atoms with E-state index < -0.39 is 0 Å². The van der Waals surface area contributed by atoms with Gasteiger partial charge in [0.05, 0.1) is 0 Å². The molecule has 0 aliphatic rings. The predicted molar refractivity (Wildman–Crippen MR) is 48.8 cm³/mol. The highest BCUT2D eigenvalue weighted by Crippen LogP contribution is 2.04. The molecule has 3 N–H and O–H groups in total. The van der Waals surface area contributed by atoms with Crippen molar-refractivity contribution >= 4 is 11.9 Å². The van der Waals surface area contributed by atoms with Gasteiger partial charge in [-0.15, -0.1) is 0 Å². The van der Waals surface area contributed by atoms with Crippen LogP contribution < -0.4 is 5.73 Å². The molecule has 68 valence electrons. The van der Waals surface area contributed by atoms with E-state index >= 15 is 0 Å². The smallest absolute Gasteiger partial charge is 0.162 e. The van der Waals surface area contributed by atoms with Gasteiger partial charge in [0, 0.05) is 0 Å². The molecule has 0 radical (unpaired) electrons. The summed E-state index contributed by atoms with van der Waals surface area (Å²) in [5, 5.41) is 11.0. The minimum Gasteiger partial charge on any atom is -0.409 e. The van der Waals surface area contributed by atoms with Crippen molar-refractivity contribution in [3.8, 4) is 0 Å². The first-order chi connectivity index (χ1) is 6.22. The van der Waals surface area contributed by atoms with Crippen molar-refractivity contribution < 1.29 is 9.60 Å². The number of nitrogens with two attached hydrogens (primary N) is 1. The van der Waals surface area contributed by atoms with E-state index in [0.29, 0.717) is 0 Å². The molecule has 0 saturated carbocycles. The minimum atomic E-state index is -0.291. The molecular weight excluding hydrogens is 171 g/mol. The first-order valence-corrected chi connectivity index (χ1v) is 3.63. The van der Waals surface area contributed by atoms with Crippen LogP contribution in [-0.4, -0.2) is 11.0 Å². The zero-order valence-corrected chi connectivity index (χ0v) is 6.81. The second kappa shape index (κ2) is 4.25. The van der Waals surface area contributed by atoms with Gasteiger partial charge >= 0.3 is 0 Å². The van der Waals surface area contributed by atoms with Crippen LogP contribution in [0.3, 0.4) is 0 Å². The van der Waals surface area contributed by atoms with Gasteiger partial charge in [-0.1, -0.05) is 23.4 Å². The molecule has 1 aromatic rings. The molecule has 0 bridgehead atoms. The van der Waals surface area contributed by atoms with Crippen LogP contribution in [0.4, 0.5) is 4.39 Å². The van der Waals surface area contributed by atoms with E-state index in [4.69, 9.17) is 10.9 Å². The summed E-state index contributed by atoms with van der Waals surface area (Å²) in [6, 6.07) is 5.87. The lowest BCUT2D eigenvalue weighted by atomic mass is 10.2. The number of halogens is 1. The molecule has 0 aromatic heterocycles. The number of hydrogen-bond acceptors (Lipinski definition) is 2. The van der Waals surface area contributed by atoms with Crippen molar-refractivity contribution in [3.05, 3.63) is 41.7 Å². The van der Waals surface area contributed by atoms with Gasteiger partial charge in [0.1, 0.15) is 5.82 Å². The Morgan fingerprint density at radius 2 is 2.00 bits per heavy atom. The molecule has 0 aliphatic heterocycles. The summed E-state index contributed by atoms with van der Waals surface area (Å²) in [6.07, 6.45) is 3.04. The van der Waals surface area contributed by atoms with Crippen LogP contribution in [-0.2, 0) is 0 Å². The van der Waals surface area contributed by atoms with Gasteiger partial charge in [0.2, 0.25) is 0 Å². The van der Waals surface area contributed by atoms with Crippen LogP contribution in [0.2, 0.25) is 0 Å². The third kappa shape index (κ3) is 2.94. The Morgan fingerprint density at radius 3 is 2.54 bits per heavy atom. The maximum Gasteiger partial charge on any atom is 0.162 e. The number of hydrogen-bond donors (Lipinski definition) is 2. The Bertz CT molecular complexity index is 330. The molecule has 0 heterocycles. The van der Waals surface area contributed by atoms with Gasteiger partial charge in [-0.25, -0.2) is 4.39 Å². The van der Waals surface area contributed by atoms with Crippen LogP contribution >= 0.6 is 0 Å². The van der Waals surface area contributed by atoms with E-state index in [0.717, 1.165) is 5.56 Å². The summed E-state index contributed by atoms with van der Waals surface area (Å²) in [4.78, 5) is 0. The molecule has 3 nitrogen and oxygen atoms in total. The van der Waals surface area contributed by atoms with Crippen LogP contribution in [0.1, 0.15) is 5.56 Å². The maximum absolute atomic E-state index is 12.4. The van der Waals surface area contributed by atoms with E-state index in [-0.39, 0.29) is 11.7 Å². The van der Waals surface area contributed by atoms with Crippen LogP contribution in [0.15, 0.2) is 35.5 Å². The van der Waals surface area contributed by atoms with Crippen molar-refractivity contribution in [1.29, 1.82) is 0 Å². The quantitative estimate of drug-likeness (QED) is 0.314. The topological polar surface area (TPSA) is 58.6 Å². The van der Waals surface area contributed by atoms with Crippen LogP contribution in [0.25, 0.3) is 6.08 Å². The van der Waals surface area contributed by atoms with Crippen molar-refractivity contribution in [1.82, 2.24) is 0 Å². The lowest BCUT2D eigenvalue weighted by molar-refractivity contribution is 0.319. The Morgan fingerprint density at radius 1 is 1.38 bits per heavy atom. The van der Waals surface area contributed by atoms with Crippen molar-refractivity contribution in [2.75, 3.05) is 0 Å². The van der Waals surface area contributed by atoms with Gasteiger partial charge < -0.3 is 10.9 Å². The monoisotopic (exact) mass is 180 g/mol. The lowest BCUT2D eigenvalue weighted by Crippen LogP contribution is -2.06. The highest BCUT2D eigenvalue weighted by atomic mass is 19.1. The van der Waals surface area contributed by atoms with Crippen molar-refractivity contribution in [3.63, 3.8) is 0 Å². The SMILES string of the molecule is NC(/C=C/c1ccc(F)cc1)=NO. The molecule has 4 heteroatoms. The van der Waals surface area contributed by atoms with Gasteiger partial charge in [0.15, 0.2) is 5.84 Å². The van der Waals surface area contributed by atoms with Crippen molar-refractivity contribution in [2.24, 2.45) is 10.9 Å². The van der Waals surface area contributed by atoms with Gasteiger partial charge in [-0.3, -0.25) is 0 Å². The molecule has 0 amide bonds. The molecule has 0 saturated heterocycles. The van der Waals surface area contributed by atoms with Crippen LogP contribution in [0.5, 0.6) is 0 Å². The second-order valence-corrected chi connectivity index (χ2v) is 2.41. The number of oxime groups is 1. The average Bonchev–Trinajstić information content (AvgIpc) is 2.16. The van der Waals surface area contributed by atoms with E-state index in [2.05, 4.69) is 5.16 Å². The fourth-order valence-corrected chi connectivity index (χ4v) is 0.789. The summed E-state index contributed by atoms with van der Waals surface area (Å²) < 4.78 is 12.4. The number of amidine groups is 1. The molecule has 0 atom stereocenters. The summed E-state index contributed by atoms with van der Waals surface area (Å²) in [5.74, 6) is -0.287. The van der Waals surface area contributed by atoms with E-state index in [1.54, 1.807) is 18.2 Å². The summed E-state index contributed by atoms with van der Waals surface area (Å²) in [7, 11) is 0. The number of benzene rings is 1. The first-order valence-electron chi connectivity index (χ1n) is 3.63. The van der Waals surface area contributed by atoms with Crippen LogP contribution in [0, 0.1) is 5.82 Å². The highest BCUT2D eigenvalue weighted by Gasteiger charge is 1.89. The molecule has 13 heavy (non-hydrogen) atoms. The number of nitrogens with zero attached hydrogens (tertiary/aromatic N) is 1. The zero-order valence-electron chi connectivity index (χ0n) is 6.81. The molecular formula is C9H9FN2O. The third-order valence-electron chi connectivity index (χ3n) is 1.43. The van der Waals surface area contributed by atoms with Gasteiger partial charge in [-0.2, -0.15) is 0 Å². The van der Waals surface area contributed by atoms with E-state index in [1.807, 2.05) is 0 Å². The summed E-state index contributed by atoms with van der Waals surface area (Å²) in [5.41, 5.74) is 5.98. The fraction of sp³-hybridized carbons (Fsp3) is 0. The van der Waals surface area contributed by atoms with Gasteiger partial charge in [-0.05, 0) is 23.8 Å². The van der Waals surface area contributed by atoms with E-state index in [9.17, 15) is 4.39 Å². The molecule has 0 fully saturated rings. The summed E-state index contributed by atoms with van der Waals surface area (Å²) in [6.45, 7) is 0. The van der Waals surface area contributed by atoms with Crippen molar-refractivity contribution in [2.45, 2.75) is 0 Å². The lowest BCUT2D eigenvalue weighted by Gasteiger charge is -1.92. The largest absolute Gasteiger partial charge is 0.409 e. The fourth-order valence-electron chi connectivity index (χ4n) is 0.789. The third-order valence-corrected chi connectivity index (χ3v) is 1.43. The molecule has 0 spiro atoms. The molecule has 0 unspecified atom stereocenters. The standard InChI is InChI=1S/C9H9FN2O/c10-8-4-1-7(2-5-8)3-6-9(11)12-13/h1-6,13H,(H2,11,12)/b6-3+. The normalized spacial score (nSPS) is 12.2. The van der Waals surface area contributed by atoms with E-state index in [1.165, 1.54) is 18.2 Å². The molecule has 1 rings (SSSR count). The Kier molecular flexibility index (Phi) is 3.03. The predicted octanol–water partition coefficient (Wildman–Crippen LogP) is 1.59. The van der Waals surface area contributed by atoms with Gasteiger partial charge in [0.25, 0.3) is 0 Å². The average molecular weight is 180 g/mol. The summed E-state index contributed by atoms with van der Waals surface area (Å²) >= 11 is 0. The molecule has 0 aliphatic carbocycles. The number of rotatable bonds is 2. The Balaban J connectivity index is 2.75. The zero-order chi connectivity index (χ0) is 9.68. The Labute approximate surface area is 75.0 Å².